The summed E-state index contributed by atoms with van der Waals surface area (Å²) in [5.41, 5.74) is 6.37. The molecule has 0 aromatic heterocycles. The molecule has 0 bridgehead atoms. The van der Waals surface area contributed by atoms with Gasteiger partial charge in [-0.05, 0) is 24.5 Å². The summed E-state index contributed by atoms with van der Waals surface area (Å²) >= 11 is 6.15. The van der Waals surface area contributed by atoms with Crippen molar-refractivity contribution in [3.63, 3.8) is 0 Å². The summed E-state index contributed by atoms with van der Waals surface area (Å²) in [5.74, 6) is -2.54. The summed E-state index contributed by atoms with van der Waals surface area (Å²) in [5, 5.41) is 0.628. The Bertz CT molecular complexity index is 396. The monoisotopic (exact) mass is 259 g/mol. The van der Waals surface area contributed by atoms with E-state index in [1.54, 1.807) is 6.07 Å². The Hall–Kier alpha value is -0.670. The van der Waals surface area contributed by atoms with E-state index in [2.05, 4.69) is 0 Å². The third kappa shape index (κ3) is 2.45. The topological polar surface area (TPSA) is 26.0 Å². The molecule has 1 aromatic rings. The zero-order valence-electron chi connectivity index (χ0n) is 9.56. The van der Waals surface area contributed by atoms with Crippen molar-refractivity contribution in [1.82, 2.24) is 0 Å². The van der Waals surface area contributed by atoms with E-state index in [1.165, 1.54) is 0 Å². The van der Waals surface area contributed by atoms with Gasteiger partial charge in [0.1, 0.15) is 0 Å². The van der Waals surface area contributed by atoms with Gasteiger partial charge < -0.3 is 5.73 Å². The summed E-state index contributed by atoms with van der Waals surface area (Å²) in [4.78, 5) is 0. The number of halogens is 3. The molecule has 0 saturated heterocycles. The van der Waals surface area contributed by atoms with E-state index in [0.717, 1.165) is 5.56 Å². The van der Waals surface area contributed by atoms with Gasteiger partial charge in [-0.1, -0.05) is 29.8 Å². The van der Waals surface area contributed by atoms with Gasteiger partial charge in [0.2, 0.25) is 5.92 Å². The van der Waals surface area contributed by atoms with E-state index in [1.807, 2.05) is 18.2 Å². The minimum absolute atomic E-state index is 0.102. The first kappa shape index (κ1) is 12.8. The van der Waals surface area contributed by atoms with Gasteiger partial charge >= 0.3 is 0 Å². The lowest BCUT2D eigenvalue weighted by molar-refractivity contribution is -0.0509. The van der Waals surface area contributed by atoms with Gasteiger partial charge in [-0.25, -0.2) is 8.78 Å². The first-order valence-electron chi connectivity index (χ1n) is 5.82. The third-order valence-corrected chi connectivity index (χ3v) is 4.10. The van der Waals surface area contributed by atoms with Crippen LogP contribution in [0.2, 0.25) is 5.02 Å². The Balaban J connectivity index is 2.31. The van der Waals surface area contributed by atoms with Crippen molar-refractivity contribution in [3.8, 4) is 0 Å². The number of hydrogen-bond donors (Lipinski definition) is 1. The molecule has 0 unspecified atom stereocenters. The average molecular weight is 260 g/mol. The molecule has 0 amide bonds. The van der Waals surface area contributed by atoms with E-state index >= 15 is 0 Å². The van der Waals surface area contributed by atoms with Gasteiger partial charge in [-0.15, -0.1) is 0 Å². The van der Waals surface area contributed by atoms with Gasteiger partial charge in [-0.2, -0.15) is 0 Å². The van der Waals surface area contributed by atoms with Crippen LogP contribution in [-0.4, -0.2) is 12.5 Å². The predicted octanol–water partition coefficient (Wildman–Crippen LogP) is 3.75. The fourth-order valence-corrected chi connectivity index (χ4v) is 2.91. The highest BCUT2D eigenvalue weighted by atomic mass is 35.5. The lowest BCUT2D eigenvalue weighted by Gasteiger charge is -2.40. The van der Waals surface area contributed by atoms with Gasteiger partial charge in [0.15, 0.2) is 0 Å². The van der Waals surface area contributed by atoms with Crippen LogP contribution in [0.4, 0.5) is 8.78 Å². The first-order chi connectivity index (χ1) is 7.99. The molecule has 0 heterocycles. The fourth-order valence-electron chi connectivity index (χ4n) is 2.57. The van der Waals surface area contributed by atoms with Gasteiger partial charge in [-0.3, -0.25) is 0 Å². The molecule has 1 aliphatic carbocycles. The van der Waals surface area contributed by atoms with Crippen LogP contribution >= 0.6 is 11.6 Å². The maximum atomic E-state index is 13.2. The van der Waals surface area contributed by atoms with Gasteiger partial charge in [0.25, 0.3) is 0 Å². The summed E-state index contributed by atoms with van der Waals surface area (Å²) < 4.78 is 26.5. The molecule has 0 aliphatic heterocycles. The summed E-state index contributed by atoms with van der Waals surface area (Å²) in [7, 11) is 0. The first-order valence-corrected chi connectivity index (χ1v) is 6.20. The molecule has 1 aromatic carbocycles. The second kappa shape index (κ2) is 4.54. The number of nitrogens with two attached hydrogens (primary N) is 1. The van der Waals surface area contributed by atoms with Crippen molar-refractivity contribution >= 4 is 11.6 Å². The Morgan fingerprint density at radius 3 is 2.24 bits per heavy atom. The lowest BCUT2D eigenvalue weighted by Crippen LogP contribution is -2.42. The molecule has 1 nitrogen and oxygen atoms in total. The average Bonchev–Trinajstić information content (AvgIpc) is 2.31. The third-order valence-electron chi connectivity index (χ3n) is 3.77. The lowest BCUT2D eigenvalue weighted by atomic mass is 9.68. The molecule has 2 N–H and O–H groups in total. The van der Waals surface area contributed by atoms with Crippen LogP contribution in [0.25, 0.3) is 0 Å². The van der Waals surface area contributed by atoms with Crippen LogP contribution in [0.15, 0.2) is 24.3 Å². The van der Waals surface area contributed by atoms with Gasteiger partial charge in [0, 0.05) is 29.8 Å². The second-order valence-electron chi connectivity index (χ2n) is 4.82. The second-order valence-corrected chi connectivity index (χ2v) is 5.23. The van der Waals surface area contributed by atoms with Crippen molar-refractivity contribution < 1.29 is 8.78 Å². The molecule has 0 atom stereocenters. The summed E-state index contributed by atoms with van der Waals surface area (Å²) in [6, 6.07) is 7.42. The van der Waals surface area contributed by atoms with E-state index < -0.39 is 5.92 Å². The summed E-state index contributed by atoms with van der Waals surface area (Å²) in [6.07, 6.45) is 0.602. The Labute approximate surface area is 105 Å². The van der Waals surface area contributed by atoms with Crippen LogP contribution in [-0.2, 0) is 5.41 Å². The number of benzene rings is 1. The van der Waals surface area contributed by atoms with Crippen LogP contribution in [0.1, 0.15) is 31.2 Å². The Kier molecular flexibility index (Phi) is 3.41. The molecule has 94 valence electrons. The molecule has 1 saturated carbocycles. The molecule has 0 spiro atoms. The highest BCUT2D eigenvalue weighted by Gasteiger charge is 2.44. The van der Waals surface area contributed by atoms with Crippen LogP contribution < -0.4 is 5.73 Å². The normalized spacial score (nSPS) is 22.4. The van der Waals surface area contributed by atoms with Crippen molar-refractivity contribution in [2.45, 2.75) is 37.0 Å². The number of hydrogen-bond acceptors (Lipinski definition) is 1. The molecular weight excluding hydrogens is 244 g/mol. The fraction of sp³-hybridized carbons (Fsp3) is 0.538. The zero-order chi connectivity index (χ0) is 12.5. The predicted molar refractivity (Wildman–Crippen MR) is 65.6 cm³/mol. The van der Waals surface area contributed by atoms with Crippen molar-refractivity contribution in [2.24, 2.45) is 5.73 Å². The van der Waals surface area contributed by atoms with Crippen molar-refractivity contribution in [2.75, 3.05) is 6.54 Å². The quantitative estimate of drug-likeness (QED) is 0.860. The standard InChI is InChI=1S/C13H16ClF2N/c14-11-4-2-1-3-10(11)12(9-17)5-7-13(15,16)8-6-12/h1-4H,5-9,17H2. The van der Waals surface area contributed by atoms with Crippen LogP contribution in [0, 0.1) is 0 Å². The molecule has 0 radical (unpaired) electrons. The Morgan fingerprint density at radius 2 is 1.71 bits per heavy atom. The van der Waals surface area contributed by atoms with Crippen LogP contribution in [0.3, 0.4) is 0 Å². The zero-order valence-corrected chi connectivity index (χ0v) is 10.3. The van der Waals surface area contributed by atoms with Crippen LogP contribution in [0.5, 0.6) is 0 Å². The van der Waals surface area contributed by atoms with Crippen molar-refractivity contribution in [1.29, 1.82) is 0 Å². The number of rotatable bonds is 2. The smallest absolute Gasteiger partial charge is 0.248 e. The van der Waals surface area contributed by atoms with E-state index in [0.29, 0.717) is 24.4 Å². The van der Waals surface area contributed by atoms with Crippen molar-refractivity contribution in [3.05, 3.63) is 34.9 Å². The van der Waals surface area contributed by atoms with Gasteiger partial charge in [0.05, 0.1) is 0 Å². The minimum atomic E-state index is -2.54. The molecule has 2 rings (SSSR count). The molecule has 1 fully saturated rings. The molecule has 1 aliphatic rings. The maximum absolute atomic E-state index is 13.2. The Morgan fingerprint density at radius 1 is 1.12 bits per heavy atom. The maximum Gasteiger partial charge on any atom is 0.248 e. The van der Waals surface area contributed by atoms with E-state index in [-0.39, 0.29) is 18.3 Å². The molecule has 4 heteroatoms. The largest absolute Gasteiger partial charge is 0.330 e. The van der Waals surface area contributed by atoms with E-state index in [9.17, 15) is 8.78 Å². The minimum Gasteiger partial charge on any atom is -0.330 e. The summed E-state index contributed by atoms with van der Waals surface area (Å²) in [6.45, 7) is 0.368. The SMILES string of the molecule is NCC1(c2ccccc2Cl)CCC(F)(F)CC1. The highest BCUT2D eigenvalue weighted by molar-refractivity contribution is 6.31. The molecule has 17 heavy (non-hydrogen) atoms. The van der Waals surface area contributed by atoms with E-state index in [4.69, 9.17) is 17.3 Å². The number of alkyl halides is 2. The molecular formula is C13H16ClF2N. The highest BCUT2D eigenvalue weighted by Crippen LogP contribution is 2.46.